The van der Waals surface area contributed by atoms with E-state index in [0.717, 1.165) is 38.4 Å². The van der Waals surface area contributed by atoms with E-state index in [-0.39, 0.29) is 12.3 Å². The third-order valence-electron chi connectivity index (χ3n) is 5.26. The van der Waals surface area contributed by atoms with E-state index in [0.29, 0.717) is 11.5 Å². The number of fused-ring (bicyclic) bond motifs is 3. The van der Waals surface area contributed by atoms with Crippen molar-refractivity contribution in [3.8, 4) is 17.2 Å². The summed E-state index contributed by atoms with van der Waals surface area (Å²) in [6.07, 6.45) is 0.566. The van der Waals surface area contributed by atoms with Crippen molar-refractivity contribution in [3.05, 3.63) is 74.4 Å². The Morgan fingerprint density at radius 1 is 1.10 bits per heavy atom. The van der Waals surface area contributed by atoms with Crippen molar-refractivity contribution in [3.63, 3.8) is 0 Å². The van der Waals surface area contributed by atoms with Crippen LogP contribution in [0.15, 0.2) is 63.5 Å². The average molecular weight is 471 g/mol. The molecule has 1 aromatic heterocycles. The molecule has 0 bridgehead atoms. The van der Waals surface area contributed by atoms with Crippen LogP contribution in [0.25, 0.3) is 0 Å². The Hall–Kier alpha value is -2.51. The number of hydrogen-bond acceptors (Lipinski definition) is 6. The quantitative estimate of drug-likeness (QED) is 0.485. The van der Waals surface area contributed by atoms with Crippen LogP contribution in [0.1, 0.15) is 34.7 Å². The molecule has 0 saturated carbocycles. The van der Waals surface area contributed by atoms with Crippen LogP contribution in [-0.2, 0) is 0 Å². The summed E-state index contributed by atoms with van der Waals surface area (Å²) < 4.78 is 18.3. The van der Waals surface area contributed by atoms with Crippen LogP contribution in [0, 0.1) is 0 Å². The van der Waals surface area contributed by atoms with Gasteiger partial charge in [0.15, 0.2) is 11.5 Å². The molecule has 2 aromatic carbocycles. The number of halogens is 1. The van der Waals surface area contributed by atoms with Crippen molar-refractivity contribution >= 4 is 33.0 Å². The summed E-state index contributed by atoms with van der Waals surface area (Å²) in [6.45, 7) is 0. The van der Waals surface area contributed by atoms with E-state index in [4.69, 9.17) is 19.3 Å². The van der Waals surface area contributed by atoms with Gasteiger partial charge in [-0.15, -0.1) is 11.3 Å². The Bertz CT molecular complexity index is 1080. The molecule has 0 aliphatic carbocycles. The van der Waals surface area contributed by atoms with Gasteiger partial charge in [-0.25, -0.2) is 5.01 Å². The maximum atomic E-state index is 6.37. The van der Waals surface area contributed by atoms with Gasteiger partial charge >= 0.3 is 0 Å². The molecular weight excluding hydrogens is 452 g/mol. The summed E-state index contributed by atoms with van der Waals surface area (Å²) in [6, 6.07) is 16.4. The normalized spacial score (nSPS) is 19.8. The third kappa shape index (κ3) is 3.18. The summed E-state index contributed by atoms with van der Waals surface area (Å²) >= 11 is 5.28. The highest BCUT2D eigenvalue weighted by Gasteiger charge is 2.41. The maximum absolute atomic E-state index is 6.37. The van der Waals surface area contributed by atoms with Crippen molar-refractivity contribution in [2.75, 3.05) is 14.2 Å². The molecule has 3 heterocycles. The summed E-state index contributed by atoms with van der Waals surface area (Å²) in [4.78, 5) is 1.14. The van der Waals surface area contributed by atoms with Gasteiger partial charge in [-0.3, -0.25) is 0 Å². The van der Waals surface area contributed by atoms with Crippen LogP contribution >= 0.6 is 27.3 Å². The Morgan fingerprint density at radius 3 is 2.72 bits per heavy atom. The minimum atomic E-state index is -0.230. The monoisotopic (exact) mass is 470 g/mol. The lowest BCUT2D eigenvalue weighted by atomic mass is 9.96. The third-order valence-corrected chi connectivity index (χ3v) is 6.65. The Balaban J connectivity index is 1.58. The predicted octanol–water partition coefficient (Wildman–Crippen LogP) is 5.77. The first-order chi connectivity index (χ1) is 14.2. The molecule has 0 amide bonds. The number of methoxy groups -OCH3 is 2. The van der Waals surface area contributed by atoms with Crippen molar-refractivity contribution in [2.45, 2.75) is 18.7 Å². The molecule has 148 valence electrons. The Kier molecular flexibility index (Phi) is 4.72. The molecule has 0 unspecified atom stereocenters. The van der Waals surface area contributed by atoms with E-state index in [1.807, 2.05) is 36.4 Å². The Morgan fingerprint density at radius 2 is 1.97 bits per heavy atom. The first-order valence-electron chi connectivity index (χ1n) is 9.25. The molecule has 2 atom stereocenters. The molecule has 2 aliphatic rings. The van der Waals surface area contributed by atoms with Crippen LogP contribution in [0.2, 0.25) is 0 Å². The van der Waals surface area contributed by atoms with Gasteiger partial charge in [0.1, 0.15) is 5.75 Å². The fourth-order valence-electron chi connectivity index (χ4n) is 3.87. The van der Waals surface area contributed by atoms with Gasteiger partial charge in [-0.1, -0.05) is 22.0 Å². The number of nitrogens with zero attached hydrogens (tertiary/aromatic N) is 2. The number of thiophene rings is 1. The molecule has 5 rings (SSSR count). The van der Waals surface area contributed by atoms with Gasteiger partial charge in [0.05, 0.1) is 30.9 Å². The second-order valence-electron chi connectivity index (χ2n) is 6.88. The predicted molar refractivity (Wildman–Crippen MR) is 117 cm³/mol. The zero-order chi connectivity index (χ0) is 20.0. The number of ether oxygens (including phenoxy) is 3. The molecule has 0 N–H and O–H groups in total. The van der Waals surface area contributed by atoms with E-state index < -0.39 is 0 Å². The van der Waals surface area contributed by atoms with Crippen molar-refractivity contribution in [1.29, 1.82) is 0 Å². The second kappa shape index (κ2) is 7.39. The lowest BCUT2D eigenvalue weighted by molar-refractivity contribution is -0.0166. The van der Waals surface area contributed by atoms with Crippen LogP contribution < -0.4 is 14.2 Å². The van der Waals surface area contributed by atoms with E-state index in [2.05, 4.69) is 38.5 Å². The SMILES string of the molecule is COc1ccc(C2=NN3[C@@H](C2)c2cc(Br)ccc2O[C@H]3c2cccs2)cc1OC. The van der Waals surface area contributed by atoms with Gasteiger partial charge in [0.25, 0.3) is 0 Å². The van der Waals surface area contributed by atoms with E-state index >= 15 is 0 Å². The summed E-state index contributed by atoms with van der Waals surface area (Å²) in [5.41, 5.74) is 3.18. The minimum Gasteiger partial charge on any atom is -0.493 e. The lowest BCUT2D eigenvalue weighted by Gasteiger charge is -2.37. The summed E-state index contributed by atoms with van der Waals surface area (Å²) in [5, 5.41) is 9.16. The number of hydrazone groups is 1. The highest BCUT2D eigenvalue weighted by Crippen LogP contribution is 2.49. The van der Waals surface area contributed by atoms with Crippen molar-refractivity contribution < 1.29 is 14.2 Å². The molecule has 7 heteroatoms. The van der Waals surface area contributed by atoms with Gasteiger partial charge in [-0.2, -0.15) is 5.10 Å². The van der Waals surface area contributed by atoms with E-state index in [9.17, 15) is 0 Å². The summed E-state index contributed by atoms with van der Waals surface area (Å²) in [5.74, 6) is 2.32. The first kappa shape index (κ1) is 18.5. The van der Waals surface area contributed by atoms with Gasteiger partial charge in [0, 0.05) is 22.0 Å². The molecular formula is C22H19BrN2O3S. The fraction of sp³-hybridized carbons (Fsp3) is 0.227. The Labute approximate surface area is 181 Å². The molecule has 0 fully saturated rings. The van der Waals surface area contributed by atoms with Gasteiger partial charge in [-0.05, 0) is 47.8 Å². The van der Waals surface area contributed by atoms with E-state index in [1.165, 1.54) is 0 Å². The first-order valence-corrected chi connectivity index (χ1v) is 10.9. The average Bonchev–Trinajstić information content (AvgIpc) is 3.43. The molecule has 0 spiro atoms. The topological polar surface area (TPSA) is 43.3 Å². The van der Waals surface area contributed by atoms with Crippen LogP contribution in [0.3, 0.4) is 0 Å². The molecule has 5 nitrogen and oxygen atoms in total. The molecule has 2 aliphatic heterocycles. The number of rotatable bonds is 4. The fourth-order valence-corrected chi connectivity index (χ4v) is 4.99. The largest absolute Gasteiger partial charge is 0.493 e. The van der Waals surface area contributed by atoms with E-state index in [1.54, 1.807) is 25.6 Å². The standard InChI is InChI=1S/C22H19BrN2O3S/c1-26-19-7-5-13(10-20(19)27-2)16-12-17-15-11-14(23)6-8-18(15)28-22(25(17)24-16)21-4-3-9-29-21/h3-11,17,22H,12H2,1-2H3/t17-,22-/m0/s1. The highest BCUT2D eigenvalue weighted by molar-refractivity contribution is 9.10. The maximum Gasteiger partial charge on any atom is 0.222 e. The van der Waals surface area contributed by atoms with Crippen LogP contribution in [0.4, 0.5) is 0 Å². The number of hydrogen-bond donors (Lipinski definition) is 0. The summed E-state index contributed by atoms with van der Waals surface area (Å²) in [7, 11) is 3.29. The van der Waals surface area contributed by atoms with Gasteiger partial charge < -0.3 is 14.2 Å². The second-order valence-corrected chi connectivity index (χ2v) is 8.78. The van der Waals surface area contributed by atoms with Crippen LogP contribution in [-0.4, -0.2) is 24.9 Å². The zero-order valence-electron chi connectivity index (χ0n) is 16.0. The highest BCUT2D eigenvalue weighted by atomic mass is 79.9. The molecule has 0 radical (unpaired) electrons. The van der Waals surface area contributed by atoms with Crippen LogP contribution in [0.5, 0.6) is 17.2 Å². The molecule has 29 heavy (non-hydrogen) atoms. The lowest BCUT2D eigenvalue weighted by Crippen LogP contribution is -2.33. The minimum absolute atomic E-state index is 0.117. The molecule has 3 aromatic rings. The smallest absolute Gasteiger partial charge is 0.222 e. The zero-order valence-corrected chi connectivity index (χ0v) is 18.4. The number of benzene rings is 2. The van der Waals surface area contributed by atoms with Crippen molar-refractivity contribution in [2.24, 2.45) is 5.10 Å². The van der Waals surface area contributed by atoms with Crippen molar-refractivity contribution in [1.82, 2.24) is 5.01 Å². The molecule has 0 saturated heterocycles. The van der Waals surface area contributed by atoms with Gasteiger partial charge in [0.2, 0.25) is 6.23 Å².